The number of methoxy groups -OCH3 is 3. The van der Waals surface area contributed by atoms with Gasteiger partial charge >= 0.3 is 17.9 Å². The molecule has 0 fully saturated rings. The number of thiazole rings is 3. The first kappa shape index (κ1) is 80.0. The standard InChI is InChI=1S/3C25H20N2O6S.2C3H7NO/c3*1-11-8-16-17(9-12(11)2)33-21-18(20(16)29)19(14-6-5-7-15(28)10-14)27(23(21)30)25-26-13(3)22(34-25)24(31)32-4;2*1-4(2)3-5/h3*5-10,19,28H,1-4H3;2*3H,1-2H3. The maximum Gasteiger partial charge on any atom is 0.350 e. The fraction of sp³-hybridized carbons (Fsp3) is 0.235. The molecule has 3 atom stereocenters. The Labute approximate surface area is 650 Å². The van der Waals surface area contributed by atoms with Crippen molar-refractivity contribution in [2.75, 3.05) is 64.2 Å². The second kappa shape index (κ2) is 32.3. The number of esters is 3. The lowest BCUT2D eigenvalue weighted by atomic mass is 9.97. The summed E-state index contributed by atoms with van der Waals surface area (Å²) in [5.41, 5.74) is 8.78. The molecule has 15 rings (SSSR count). The zero-order valence-corrected chi connectivity index (χ0v) is 65.8. The van der Waals surface area contributed by atoms with Gasteiger partial charge in [0.15, 0.2) is 31.7 Å². The molecule has 3 N–H and O–H groups in total. The number of amides is 5. The van der Waals surface area contributed by atoms with Crippen LogP contribution in [0.15, 0.2) is 137 Å². The minimum Gasteiger partial charge on any atom is -0.508 e. The molecular weight excluding hydrogens is 1500 g/mol. The molecule has 3 unspecified atom stereocenters. The second-order valence-electron chi connectivity index (χ2n) is 26.7. The Morgan fingerprint density at radius 1 is 0.402 bits per heavy atom. The summed E-state index contributed by atoms with van der Waals surface area (Å²) in [6.45, 7) is 16.3. The van der Waals surface area contributed by atoms with Crippen molar-refractivity contribution in [1.29, 1.82) is 0 Å². The molecule has 31 heteroatoms. The van der Waals surface area contributed by atoms with Crippen LogP contribution in [0.3, 0.4) is 0 Å². The van der Waals surface area contributed by atoms with E-state index in [9.17, 15) is 68.1 Å². The number of benzene rings is 6. The highest BCUT2D eigenvalue weighted by molar-refractivity contribution is 7.18. The molecule has 0 aliphatic carbocycles. The molecule has 0 saturated heterocycles. The zero-order chi connectivity index (χ0) is 81.5. The van der Waals surface area contributed by atoms with Gasteiger partial charge in [-0.1, -0.05) is 70.4 Å². The highest BCUT2D eigenvalue weighted by Crippen LogP contribution is 2.48. The molecule has 3 aliphatic rings. The number of hydrogen-bond donors (Lipinski definition) is 3. The third-order valence-corrected chi connectivity index (χ3v) is 21.9. The van der Waals surface area contributed by atoms with Gasteiger partial charge in [-0.3, -0.25) is 53.1 Å². The summed E-state index contributed by atoms with van der Waals surface area (Å²) in [6.07, 6.45) is 1.50. The van der Waals surface area contributed by atoms with Crippen molar-refractivity contribution < 1.29 is 81.1 Å². The van der Waals surface area contributed by atoms with Gasteiger partial charge in [0, 0.05) is 28.2 Å². The summed E-state index contributed by atoms with van der Waals surface area (Å²) in [6, 6.07) is 26.8. The number of phenolic OH excluding ortho intramolecular Hbond substituents is 3. The number of carbonyl (C=O) groups is 8. The van der Waals surface area contributed by atoms with Gasteiger partial charge < -0.3 is 52.6 Å². The zero-order valence-electron chi connectivity index (χ0n) is 63.4. The van der Waals surface area contributed by atoms with E-state index in [1.54, 1.807) is 122 Å². The average Bonchev–Trinajstić information content (AvgIpc) is 1.55. The Bertz CT molecular complexity index is 5500. The highest BCUT2D eigenvalue weighted by Gasteiger charge is 2.49. The van der Waals surface area contributed by atoms with E-state index < -0.39 is 53.8 Å². The predicted octanol–water partition coefficient (Wildman–Crippen LogP) is 12.7. The number of carbonyl (C=O) groups excluding carboxylic acids is 8. The van der Waals surface area contributed by atoms with Crippen LogP contribution < -0.4 is 31.0 Å². The SMILES string of the molecule is CN(C)C=O.CN(C)C=O.COC(=O)c1sc(N2C(=O)c3oc4cc(C)c(C)cc4c(=O)c3C2c2cccc(O)c2)nc1C.COC(=O)c1sc(N2C(=O)c3oc4cc(C)c(C)cc4c(=O)c3C2c2cccc(O)c2)nc1C.COC(=O)c1sc(N2C(=O)c3oc4cc(C)c(C)cc4c(=O)c3C2c2cccc(O)c2)nc1C. The number of anilines is 3. The molecule has 112 heavy (non-hydrogen) atoms. The number of fused-ring (bicyclic) bond motifs is 6. The number of ether oxygens (including phenoxy) is 3. The van der Waals surface area contributed by atoms with Crippen molar-refractivity contribution in [2.45, 2.75) is 80.4 Å². The van der Waals surface area contributed by atoms with E-state index in [1.807, 2.05) is 41.5 Å². The van der Waals surface area contributed by atoms with Gasteiger partial charge in [-0.25, -0.2) is 29.3 Å². The normalized spacial score (nSPS) is 14.4. The first-order valence-electron chi connectivity index (χ1n) is 34.2. The molecule has 6 aromatic carbocycles. The van der Waals surface area contributed by atoms with Crippen LogP contribution in [0.5, 0.6) is 17.2 Å². The van der Waals surface area contributed by atoms with Crippen molar-refractivity contribution in [3.05, 3.63) is 256 Å². The van der Waals surface area contributed by atoms with Crippen molar-refractivity contribution in [3.8, 4) is 17.2 Å². The van der Waals surface area contributed by atoms with Gasteiger partial charge in [0.25, 0.3) is 17.7 Å². The van der Waals surface area contributed by atoms with Crippen LogP contribution in [0.4, 0.5) is 15.4 Å². The third-order valence-electron chi connectivity index (χ3n) is 18.5. The number of nitrogens with zero attached hydrogens (tertiary/aromatic N) is 8. The van der Waals surface area contributed by atoms with Crippen molar-refractivity contribution in [3.63, 3.8) is 0 Å². The Morgan fingerprint density at radius 3 is 0.848 bits per heavy atom. The Balaban J connectivity index is 0.000000156. The quantitative estimate of drug-likeness (QED) is 0.0615. The lowest BCUT2D eigenvalue weighted by Crippen LogP contribution is -2.29. The number of aromatic hydroxyl groups is 3. The van der Waals surface area contributed by atoms with Crippen LogP contribution >= 0.6 is 34.0 Å². The van der Waals surface area contributed by atoms with Gasteiger partial charge in [-0.15, -0.1) is 0 Å². The van der Waals surface area contributed by atoms with Crippen LogP contribution in [0.2, 0.25) is 0 Å². The van der Waals surface area contributed by atoms with E-state index in [0.717, 1.165) is 80.2 Å². The lowest BCUT2D eigenvalue weighted by Gasteiger charge is -2.22. The molecule has 0 saturated carbocycles. The molecule has 12 aromatic rings. The summed E-state index contributed by atoms with van der Waals surface area (Å²) < 4.78 is 32.5. The van der Waals surface area contributed by atoms with Crippen molar-refractivity contribution in [2.24, 2.45) is 0 Å². The van der Waals surface area contributed by atoms with Gasteiger partial charge in [0.2, 0.25) is 30.1 Å². The number of aryl methyl sites for hydroxylation is 9. The monoisotopic (exact) mass is 1570 g/mol. The topological polar surface area (TPSA) is 370 Å². The number of aromatic nitrogens is 3. The molecule has 576 valence electrons. The summed E-state index contributed by atoms with van der Waals surface area (Å²) >= 11 is 2.98. The van der Waals surface area contributed by atoms with E-state index in [0.29, 0.717) is 66.7 Å². The Hall–Kier alpha value is -13.0. The van der Waals surface area contributed by atoms with E-state index in [2.05, 4.69) is 15.0 Å². The molecule has 5 amide bonds. The van der Waals surface area contributed by atoms with Crippen molar-refractivity contribution >= 4 is 131 Å². The van der Waals surface area contributed by atoms with E-state index in [1.165, 1.54) is 82.2 Å². The Kier molecular flexibility index (Phi) is 23.1. The van der Waals surface area contributed by atoms with Gasteiger partial charge in [0.1, 0.15) is 48.6 Å². The second-order valence-corrected chi connectivity index (χ2v) is 29.6. The van der Waals surface area contributed by atoms with Gasteiger partial charge in [-0.05, 0) is 185 Å². The number of rotatable bonds is 11. The van der Waals surface area contributed by atoms with Crippen LogP contribution in [-0.2, 0) is 23.8 Å². The first-order valence-corrected chi connectivity index (χ1v) is 36.6. The molecule has 3 aliphatic heterocycles. The summed E-state index contributed by atoms with van der Waals surface area (Å²) in [5.74, 6) is -3.63. The number of phenols is 3. The molecule has 28 nitrogen and oxygen atoms in total. The molecule has 9 heterocycles. The lowest BCUT2D eigenvalue weighted by molar-refractivity contribution is -0.116. The first-order chi connectivity index (χ1) is 53.2. The number of hydrogen-bond acceptors (Lipinski definition) is 26. The summed E-state index contributed by atoms with van der Waals surface area (Å²) in [4.78, 5) is 158. The average molecular weight is 1580 g/mol. The minimum absolute atomic E-state index is 0.0134. The largest absolute Gasteiger partial charge is 0.508 e. The fourth-order valence-corrected chi connectivity index (χ4v) is 15.6. The smallest absolute Gasteiger partial charge is 0.350 e. The summed E-state index contributed by atoms with van der Waals surface area (Å²) in [7, 11) is 10.6. The molecular formula is C81H74N8O20S3. The van der Waals surface area contributed by atoms with Crippen molar-refractivity contribution in [1.82, 2.24) is 24.8 Å². The van der Waals surface area contributed by atoms with Crippen LogP contribution in [0.1, 0.15) is 163 Å². The van der Waals surface area contributed by atoms with Crippen LogP contribution in [0.25, 0.3) is 32.9 Å². The highest BCUT2D eigenvalue weighted by atomic mass is 32.1. The maximum atomic E-state index is 13.7. The van der Waals surface area contributed by atoms with Gasteiger partial charge in [0.05, 0.1) is 89.4 Å². The minimum atomic E-state index is -0.895. The maximum absolute atomic E-state index is 13.7. The fourth-order valence-electron chi connectivity index (χ4n) is 12.6. The Morgan fingerprint density at radius 2 is 0.634 bits per heavy atom. The molecule has 0 radical (unpaired) electrons. The van der Waals surface area contributed by atoms with E-state index in [-0.39, 0.29) is 97.5 Å². The molecule has 6 aromatic heterocycles. The third kappa shape index (κ3) is 15.1. The van der Waals surface area contributed by atoms with E-state index in [4.69, 9.17) is 27.5 Å². The summed E-state index contributed by atoms with van der Waals surface area (Å²) in [5, 5.41) is 32.1. The molecule has 0 spiro atoms. The van der Waals surface area contributed by atoms with Crippen LogP contribution in [-0.4, -0.2) is 138 Å². The van der Waals surface area contributed by atoms with E-state index >= 15 is 0 Å². The van der Waals surface area contributed by atoms with Crippen LogP contribution in [0, 0.1) is 62.3 Å². The molecule has 0 bridgehead atoms. The predicted molar refractivity (Wildman–Crippen MR) is 420 cm³/mol. The van der Waals surface area contributed by atoms with Gasteiger partial charge in [-0.2, -0.15) is 0 Å².